The molecule has 3 N–H and O–H groups in total. The van der Waals surface area contributed by atoms with E-state index in [0.29, 0.717) is 0 Å². The molecule has 16 heavy (non-hydrogen) atoms. The summed E-state index contributed by atoms with van der Waals surface area (Å²) in [6.07, 6.45) is 10.5. The van der Waals surface area contributed by atoms with Gasteiger partial charge in [-0.05, 0) is 13.0 Å². The summed E-state index contributed by atoms with van der Waals surface area (Å²) >= 11 is 0. The first-order valence-corrected chi connectivity index (χ1v) is 6.80. The maximum Gasteiger partial charge on any atom is 0.0607 e. The Kier molecular flexibility index (Phi) is 12.9. The average molecular weight is 231 g/mol. The van der Waals surface area contributed by atoms with E-state index in [1.54, 1.807) is 0 Å². The minimum absolute atomic E-state index is 0.0213. The second-order valence-electron chi connectivity index (χ2n) is 4.49. The van der Waals surface area contributed by atoms with E-state index in [1.807, 2.05) is 0 Å². The van der Waals surface area contributed by atoms with Gasteiger partial charge < -0.3 is 15.5 Å². The van der Waals surface area contributed by atoms with Gasteiger partial charge in [0.25, 0.3) is 0 Å². The molecule has 0 unspecified atom stereocenters. The van der Waals surface area contributed by atoms with Gasteiger partial charge in [-0.15, -0.1) is 0 Å². The van der Waals surface area contributed by atoms with E-state index in [9.17, 15) is 0 Å². The number of nitrogens with one attached hydrogen (secondary N) is 1. The van der Waals surface area contributed by atoms with Gasteiger partial charge in [-0.3, -0.25) is 0 Å². The zero-order valence-electron chi connectivity index (χ0n) is 10.7. The van der Waals surface area contributed by atoms with Gasteiger partial charge in [-0.1, -0.05) is 51.9 Å². The Morgan fingerprint density at radius 3 is 1.81 bits per heavy atom. The summed E-state index contributed by atoms with van der Waals surface area (Å²) in [5.41, 5.74) is 0. The molecule has 3 nitrogen and oxygen atoms in total. The van der Waals surface area contributed by atoms with Crippen LogP contribution >= 0.6 is 0 Å². The fraction of sp³-hybridized carbons (Fsp3) is 1.00. The number of aliphatic hydroxyl groups excluding tert-OH is 2. The molecule has 0 rings (SSSR count). The molecule has 0 saturated carbocycles. The van der Waals surface area contributed by atoms with Gasteiger partial charge in [-0.25, -0.2) is 0 Å². The van der Waals surface area contributed by atoms with Crippen molar-refractivity contribution in [2.45, 2.75) is 64.3 Å². The number of aliphatic hydroxyl groups is 2. The Morgan fingerprint density at radius 2 is 1.31 bits per heavy atom. The third kappa shape index (κ3) is 10.4. The van der Waals surface area contributed by atoms with E-state index in [4.69, 9.17) is 10.2 Å². The predicted octanol–water partition coefficient (Wildman–Crippen LogP) is 2.07. The second-order valence-corrected chi connectivity index (χ2v) is 4.49. The van der Waals surface area contributed by atoms with Crippen LogP contribution in [0.25, 0.3) is 0 Å². The smallest absolute Gasteiger partial charge is 0.0607 e. The Morgan fingerprint density at radius 1 is 0.812 bits per heavy atom. The maximum absolute atomic E-state index is 8.83. The van der Waals surface area contributed by atoms with Crippen molar-refractivity contribution in [3.8, 4) is 0 Å². The van der Waals surface area contributed by atoms with Gasteiger partial charge >= 0.3 is 0 Å². The molecule has 0 aromatic heterocycles. The van der Waals surface area contributed by atoms with Crippen LogP contribution in [0.2, 0.25) is 0 Å². The van der Waals surface area contributed by atoms with Crippen LogP contribution in [0.1, 0.15) is 58.3 Å². The maximum atomic E-state index is 8.83. The molecule has 0 fully saturated rings. The summed E-state index contributed by atoms with van der Waals surface area (Å²) < 4.78 is 0. The Labute approximate surface area is 100 Å². The lowest BCUT2D eigenvalue weighted by atomic mass is 10.1. The summed E-state index contributed by atoms with van der Waals surface area (Å²) in [4.78, 5) is 0. The van der Waals surface area contributed by atoms with Gasteiger partial charge in [0.05, 0.1) is 19.3 Å². The number of hydrogen-bond acceptors (Lipinski definition) is 3. The van der Waals surface area contributed by atoms with Crippen LogP contribution in [0.4, 0.5) is 0 Å². The van der Waals surface area contributed by atoms with Crippen molar-refractivity contribution in [2.75, 3.05) is 19.8 Å². The summed E-state index contributed by atoms with van der Waals surface area (Å²) in [5, 5.41) is 20.8. The van der Waals surface area contributed by atoms with Gasteiger partial charge in [0.1, 0.15) is 0 Å². The first kappa shape index (κ1) is 15.9. The van der Waals surface area contributed by atoms with E-state index in [-0.39, 0.29) is 19.3 Å². The number of rotatable bonds is 12. The summed E-state index contributed by atoms with van der Waals surface area (Å²) in [7, 11) is 0. The summed E-state index contributed by atoms with van der Waals surface area (Å²) in [5.74, 6) is 0. The zero-order chi connectivity index (χ0) is 12.1. The Balaban J connectivity index is 3.03. The molecule has 0 radical (unpaired) electrons. The monoisotopic (exact) mass is 231 g/mol. The molecule has 0 aliphatic heterocycles. The highest BCUT2D eigenvalue weighted by atomic mass is 16.3. The predicted molar refractivity (Wildman–Crippen MR) is 68.6 cm³/mol. The number of hydrogen-bond donors (Lipinski definition) is 3. The molecule has 0 aromatic rings. The lowest BCUT2D eigenvalue weighted by Crippen LogP contribution is -2.36. The van der Waals surface area contributed by atoms with Crippen LogP contribution in [-0.2, 0) is 0 Å². The zero-order valence-corrected chi connectivity index (χ0v) is 10.7. The molecule has 0 saturated heterocycles. The summed E-state index contributed by atoms with van der Waals surface area (Å²) in [6, 6.07) is -0.135. The first-order valence-electron chi connectivity index (χ1n) is 6.80. The standard InChI is InChI=1S/C13H29NO2/c1-2-3-4-5-6-7-8-9-10-14-13(11-15)12-16/h13-16H,2-12H2,1H3. The highest BCUT2D eigenvalue weighted by molar-refractivity contribution is 4.62. The highest BCUT2D eigenvalue weighted by Gasteiger charge is 2.02. The Hall–Kier alpha value is -0.120. The van der Waals surface area contributed by atoms with E-state index in [2.05, 4.69) is 12.2 Å². The van der Waals surface area contributed by atoms with Crippen molar-refractivity contribution in [3.63, 3.8) is 0 Å². The minimum Gasteiger partial charge on any atom is -0.395 e. The van der Waals surface area contributed by atoms with E-state index >= 15 is 0 Å². The lowest BCUT2D eigenvalue weighted by molar-refractivity contribution is 0.171. The van der Waals surface area contributed by atoms with E-state index in [0.717, 1.165) is 13.0 Å². The van der Waals surface area contributed by atoms with Crippen LogP contribution in [0, 0.1) is 0 Å². The molecule has 0 heterocycles. The van der Waals surface area contributed by atoms with Crippen molar-refractivity contribution in [3.05, 3.63) is 0 Å². The molecule has 0 amide bonds. The van der Waals surface area contributed by atoms with Crippen LogP contribution in [0.3, 0.4) is 0 Å². The molecular formula is C13H29NO2. The van der Waals surface area contributed by atoms with Gasteiger partial charge in [-0.2, -0.15) is 0 Å². The highest BCUT2D eigenvalue weighted by Crippen LogP contribution is 2.07. The normalized spacial score (nSPS) is 11.2. The molecule has 0 aromatic carbocycles. The van der Waals surface area contributed by atoms with Crippen LogP contribution in [0.5, 0.6) is 0 Å². The molecule has 98 valence electrons. The van der Waals surface area contributed by atoms with E-state index in [1.165, 1.54) is 44.9 Å². The molecule has 0 bridgehead atoms. The lowest BCUT2D eigenvalue weighted by Gasteiger charge is -2.12. The summed E-state index contributed by atoms with van der Waals surface area (Å²) in [6.45, 7) is 3.19. The van der Waals surface area contributed by atoms with Crippen molar-refractivity contribution < 1.29 is 10.2 Å². The van der Waals surface area contributed by atoms with E-state index < -0.39 is 0 Å². The molecule has 0 atom stereocenters. The SMILES string of the molecule is CCCCCCCCCCNC(CO)CO. The molecular weight excluding hydrogens is 202 g/mol. The third-order valence-corrected chi connectivity index (χ3v) is 2.90. The molecule has 0 spiro atoms. The van der Waals surface area contributed by atoms with Gasteiger partial charge in [0, 0.05) is 0 Å². The second kappa shape index (κ2) is 12.9. The fourth-order valence-corrected chi connectivity index (χ4v) is 1.75. The van der Waals surface area contributed by atoms with Crippen molar-refractivity contribution in [2.24, 2.45) is 0 Å². The largest absolute Gasteiger partial charge is 0.395 e. The number of unbranched alkanes of at least 4 members (excludes halogenated alkanes) is 7. The van der Waals surface area contributed by atoms with Crippen molar-refractivity contribution in [1.29, 1.82) is 0 Å². The quantitative estimate of drug-likeness (QED) is 0.451. The average Bonchev–Trinajstić information content (AvgIpc) is 2.32. The van der Waals surface area contributed by atoms with Gasteiger partial charge in [0.2, 0.25) is 0 Å². The molecule has 0 aliphatic carbocycles. The van der Waals surface area contributed by atoms with Crippen molar-refractivity contribution >= 4 is 0 Å². The third-order valence-electron chi connectivity index (χ3n) is 2.90. The van der Waals surface area contributed by atoms with Crippen LogP contribution < -0.4 is 5.32 Å². The van der Waals surface area contributed by atoms with Crippen molar-refractivity contribution in [1.82, 2.24) is 5.32 Å². The topological polar surface area (TPSA) is 52.5 Å². The first-order chi connectivity index (χ1) is 7.85. The van der Waals surface area contributed by atoms with Crippen LogP contribution in [-0.4, -0.2) is 36.0 Å². The van der Waals surface area contributed by atoms with Gasteiger partial charge in [0.15, 0.2) is 0 Å². The molecule has 0 aliphatic rings. The Bertz CT molecular complexity index is 127. The van der Waals surface area contributed by atoms with Crippen LogP contribution in [0.15, 0.2) is 0 Å². The fourth-order valence-electron chi connectivity index (χ4n) is 1.75. The molecule has 3 heteroatoms. The minimum atomic E-state index is -0.135.